The van der Waals surface area contributed by atoms with E-state index in [0.29, 0.717) is 22.4 Å². The molecule has 120 valence electrons. The number of aliphatic hydroxyl groups excluding tert-OH is 1. The minimum Gasteiger partial charge on any atom is -0.506 e. The molecule has 4 nitrogen and oxygen atoms in total. The van der Waals surface area contributed by atoms with Gasteiger partial charge in [-0.2, -0.15) is 5.26 Å². The highest BCUT2D eigenvalue weighted by molar-refractivity contribution is 6.12. The number of carbonyl (C=O) groups excluding carboxylic acids is 1. The Hall–Kier alpha value is -3.71. The van der Waals surface area contributed by atoms with Crippen LogP contribution in [0.1, 0.15) is 27.2 Å². The van der Waals surface area contributed by atoms with Gasteiger partial charge in [-0.15, -0.1) is 0 Å². The van der Waals surface area contributed by atoms with E-state index in [2.05, 4.69) is 4.98 Å². The van der Waals surface area contributed by atoms with Crippen molar-refractivity contribution < 1.29 is 9.90 Å². The molecule has 3 rings (SSSR count). The average molecular weight is 326 g/mol. The maximum absolute atomic E-state index is 12.8. The van der Waals surface area contributed by atoms with E-state index in [-0.39, 0.29) is 17.1 Å². The Bertz CT molecular complexity index is 972. The van der Waals surface area contributed by atoms with Crippen LogP contribution in [0.25, 0.3) is 11.3 Å². The molecular formula is C21H14N2O2. The Morgan fingerprint density at radius 1 is 0.880 bits per heavy atom. The molecule has 0 aliphatic carbocycles. The number of aromatic nitrogens is 1. The van der Waals surface area contributed by atoms with Gasteiger partial charge in [0.1, 0.15) is 17.4 Å². The van der Waals surface area contributed by atoms with Gasteiger partial charge in [0.2, 0.25) is 0 Å². The molecule has 0 amide bonds. The lowest BCUT2D eigenvalue weighted by Gasteiger charge is -2.10. The highest BCUT2D eigenvalue weighted by Crippen LogP contribution is 2.26. The molecule has 2 aromatic carbocycles. The summed E-state index contributed by atoms with van der Waals surface area (Å²) in [7, 11) is 0. The van der Waals surface area contributed by atoms with Gasteiger partial charge in [-0.3, -0.25) is 9.78 Å². The van der Waals surface area contributed by atoms with E-state index < -0.39 is 0 Å². The number of pyridine rings is 1. The summed E-state index contributed by atoms with van der Waals surface area (Å²) in [6, 6.07) is 22.6. The van der Waals surface area contributed by atoms with Gasteiger partial charge in [-0.25, -0.2) is 0 Å². The number of ketones is 1. The number of allylic oxidation sites excluding steroid dienone is 1. The summed E-state index contributed by atoms with van der Waals surface area (Å²) < 4.78 is 0. The van der Waals surface area contributed by atoms with Gasteiger partial charge >= 0.3 is 0 Å². The first-order valence-corrected chi connectivity index (χ1v) is 7.66. The summed E-state index contributed by atoms with van der Waals surface area (Å²) >= 11 is 0. The van der Waals surface area contributed by atoms with Crippen molar-refractivity contribution in [3.05, 3.63) is 101 Å². The van der Waals surface area contributed by atoms with Crippen LogP contribution in [0.3, 0.4) is 0 Å². The van der Waals surface area contributed by atoms with E-state index in [4.69, 9.17) is 0 Å². The van der Waals surface area contributed by atoms with Crippen molar-refractivity contribution in [1.82, 2.24) is 4.98 Å². The molecule has 0 aliphatic heterocycles. The van der Waals surface area contributed by atoms with E-state index in [1.165, 1.54) is 0 Å². The lowest BCUT2D eigenvalue weighted by atomic mass is 9.95. The predicted octanol–water partition coefficient (Wildman–Crippen LogP) is 4.26. The maximum Gasteiger partial charge on any atom is 0.193 e. The van der Waals surface area contributed by atoms with Crippen molar-refractivity contribution in [2.75, 3.05) is 0 Å². The van der Waals surface area contributed by atoms with Crippen molar-refractivity contribution in [1.29, 1.82) is 5.26 Å². The van der Waals surface area contributed by atoms with E-state index in [1.807, 2.05) is 12.1 Å². The van der Waals surface area contributed by atoms with Gasteiger partial charge in [-0.05, 0) is 12.1 Å². The first kappa shape index (κ1) is 16.2. The highest BCUT2D eigenvalue weighted by atomic mass is 16.3. The zero-order valence-corrected chi connectivity index (χ0v) is 13.3. The van der Waals surface area contributed by atoms with Crippen molar-refractivity contribution in [2.45, 2.75) is 0 Å². The first-order chi connectivity index (χ1) is 12.2. The lowest BCUT2D eigenvalue weighted by Crippen LogP contribution is -2.06. The number of aliphatic hydroxyl groups is 1. The highest BCUT2D eigenvalue weighted by Gasteiger charge is 2.19. The second-order valence-corrected chi connectivity index (χ2v) is 5.29. The van der Waals surface area contributed by atoms with E-state index in [9.17, 15) is 15.2 Å². The van der Waals surface area contributed by atoms with Gasteiger partial charge in [0.15, 0.2) is 5.78 Å². The topological polar surface area (TPSA) is 74.0 Å². The summed E-state index contributed by atoms with van der Waals surface area (Å²) in [5, 5.41) is 20.1. The number of nitriles is 1. The van der Waals surface area contributed by atoms with Gasteiger partial charge in [0.25, 0.3) is 0 Å². The lowest BCUT2D eigenvalue weighted by molar-refractivity contribution is 0.103. The molecule has 0 aliphatic rings. The summed E-state index contributed by atoms with van der Waals surface area (Å²) in [4.78, 5) is 16.9. The predicted molar refractivity (Wildman–Crippen MR) is 95.6 cm³/mol. The van der Waals surface area contributed by atoms with Crippen LogP contribution in [0.5, 0.6) is 0 Å². The van der Waals surface area contributed by atoms with Crippen LogP contribution in [0.15, 0.2) is 79.0 Å². The van der Waals surface area contributed by atoms with Crippen LogP contribution in [0, 0.1) is 11.3 Å². The third kappa shape index (κ3) is 3.31. The van der Waals surface area contributed by atoms with E-state index >= 15 is 0 Å². The number of nitrogens with zero attached hydrogens (tertiary/aromatic N) is 2. The van der Waals surface area contributed by atoms with Gasteiger partial charge < -0.3 is 5.11 Å². The molecule has 0 unspecified atom stereocenters. The molecule has 1 heterocycles. The Labute approximate surface area is 145 Å². The Morgan fingerprint density at radius 2 is 1.52 bits per heavy atom. The van der Waals surface area contributed by atoms with Crippen LogP contribution < -0.4 is 0 Å². The SMILES string of the molecule is N#CC(=C(O)c1ccccc1C(=O)c1ccccc1)c1ccccn1. The number of hydrogen-bond acceptors (Lipinski definition) is 4. The Balaban J connectivity index is 2.14. The largest absolute Gasteiger partial charge is 0.506 e. The van der Waals surface area contributed by atoms with E-state index in [1.54, 1.807) is 72.9 Å². The van der Waals surface area contributed by atoms with Gasteiger partial charge in [0, 0.05) is 22.9 Å². The van der Waals surface area contributed by atoms with Crippen molar-refractivity contribution in [3.8, 4) is 6.07 Å². The normalized spacial score (nSPS) is 11.3. The fraction of sp³-hybridized carbons (Fsp3) is 0. The molecular weight excluding hydrogens is 312 g/mol. The Morgan fingerprint density at radius 3 is 2.16 bits per heavy atom. The Kier molecular flexibility index (Phi) is 4.68. The summed E-state index contributed by atoms with van der Waals surface area (Å²) in [6.45, 7) is 0. The fourth-order valence-electron chi connectivity index (χ4n) is 2.51. The van der Waals surface area contributed by atoms with Gasteiger partial charge in [0.05, 0.1) is 5.69 Å². The van der Waals surface area contributed by atoms with Gasteiger partial charge in [-0.1, -0.05) is 60.7 Å². The zero-order chi connectivity index (χ0) is 17.6. The first-order valence-electron chi connectivity index (χ1n) is 7.66. The number of hydrogen-bond donors (Lipinski definition) is 1. The van der Waals surface area contributed by atoms with Crippen molar-refractivity contribution >= 4 is 17.1 Å². The fourth-order valence-corrected chi connectivity index (χ4v) is 2.51. The minimum absolute atomic E-state index is 0.0221. The molecule has 0 atom stereocenters. The molecule has 25 heavy (non-hydrogen) atoms. The summed E-state index contributed by atoms with van der Waals surface area (Å²) in [5.74, 6) is -0.484. The number of rotatable bonds is 4. The molecule has 0 saturated carbocycles. The summed E-state index contributed by atoms with van der Waals surface area (Å²) in [6.07, 6.45) is 1.54. The van der Waals surface area contributed by atoms with E-state index in [0.717, 1.165) is 0 Å². The maximum atomic E-state index is 12.8. The molecule has 1 N–H and O–H groups in total. The third-order valence-corrected chi connectivity index (χ3v) is 3.73. The zero-order valence-electron chi connectivity index (χ0n) is 13.3. The third-order valence-electron chi connectivity index (χ3n) is 3.73. The molecule has 0 fully saturated rings. The van der Waals surface area contributed by atoms with Crippen LogP contribution >= 0.6 is 0 Å². The van der Waals surface area contributed by atoms with Crippen LogP contribution in [-0.4, -0.2) is 15.9 Å². The molecule has 0 spiro atoms. The molecule has 0 bridgehead atoms. The molecule has 0 saturated heterocycles. The van der Waals surface area contributed by atoms with Crippen molar-refractivity contribution in [3.63, 3.8) is 0 Å². The monoisotopic (exact) mass is 326 g/mol. The standard InChI is InChI=1S/C21H14N2O2/c22-14-18(19-12-6-7-13-23-19)21(25)17-11-5-4-10-16(17)20(24)15-8-2-1-3-9-15/h1-13,25H. The molecule has 1 aromatic heterocycles. The molecule has 0 radical (unpaired) electrons. The minimum atomic E-state index is -0.263. The second-order valence-electron chi connectivity index (χ2n) is 5.29. The quantitative estimate of drug-likeness (QED) is 0.441. The van der Waals surface area contributed by atoms with Crippen LogP contribution in [0.2, 0.25) is 0 Å². The summed E-state index contributed by atoms with van der Waals surface area (Å²) in [5.41, 5.74) is 1.52. The second kappa shape index (κ2) is 7.24. The molecule has 4 heteroatoms. The molecule has 3 aromatic rings. The van der Waals surface area contributed by atoms with Crippen molar-refractivity contribution in [2.24, 2.45) is 0 Å². The van der Waals surface area contributed by atoms with Crippen LogP contribution in [-0.2, 0) is 0 Å². The smallest absolute Gasteiger partial charge is 0.193 e. The number of carbonyl (C=O) groups is 1. The van der Waals surface area contributed by atoms with Crippen LogP contribution in [0.4, 0.5) is 0 Å². The average Bonchev–Trinajstić information content (AvgIpc) is 2.69. The number of benzene rings is 2.